The van der Waals surface area contributed by atoms with Crippen LogP contribution >= 0.6 is 11.6 Å². The Hall–Kier alpha value is -3.85. The summed E-state index contributed by atoms with van der Waals surface area (Å²) in [5, 5.41) is 11.6. The number of halogens is 1. The van der Waals surface area contributed by atoms with Crippen LogP contribution in [-0.4, -0.2) is 57.1 Å². The van der Waals surface area contributed by atoms with Crippen molar-refractivity contribution in [2.24, 2.45) is 5.92 Å². The molecule has 0 bridgehead atoms. The number of pyridine rings is 1. The second kappa shape index (κ2) is 9.79. The summed E-state index contributed by atoms with van der Waals surface area (Å²) in [6.07, 6.45) is 2.70. The Balaban J connectivity index is 1.16. The highest BCUT2D eigenvalue weighted by molar-refractivity contribution is 6.33. The van der Waals surface area contributed by atoms with Gasteiger partial charge in [-0.1, -0.05) is 29.8 Å². The van der Waals surface area contributed by atoms with E-state index in [2.05, 4.69) is 25.5 Å². The van der Waals surface area contributed by atoms with Gasteiger partial charge in [0, 0.05) is 41.8 Å². The second-order valence-electron chi connectivity index (χ2n) is 8.54. The number of benzene rings is 1. The first kappa shape index (κ1) is 22.9. The maximum Gasteiger partial charge on any atom is 0.274 e. The average Bonchev–Trinajstić information content (AvgIpc) is 3.54. The molecular formula is C25H25ClN6O3. The SMILES string of the molecule is COc1cc(-c2cc(C(=O)N3CCC(C(=O)NCc4cc5ccccc5[nH]4)CC3)n[nH]2)c(Cl)cn1. The minimum absolute atomic E-state index is 0.0130. The van der Waals surface area contributed by atoms with E-state index in [0.717, 1.165) is 16.6 Å². The summed E-state index contributed by atoms with van der Waals surface area (Å²) in [6, 6.07) is 13.4. The molecule has 0 saturated carbocycles. The van der Waals surface area contributed by atoms with Crippen molar-refractivity contribution in [2.75, 3.05) is 20.2 Å². The minimum atomic E-state index is -0.179. The second-order valence-corrected chi connectivity index (χ2v) is 8.95. The number of aromatic amines is 2. The fraction of sp³-hybridized carbons (Fsp3) is 0.280. The lowest BCUT2D eigenvalue weighted by molar-refractivity contribution is -0.126. The van der Waals surface area contributed by atoms with Crippen LogP contribution in [0.5, 0.6) is 5.88 Å². The maximum absolute atomic E-state index is 13.0. The number of ether oxygens (including phenoxy) is 1. The van der Waals surface area contributed by atoms with Crippen LogP contribution in [-0.2, 0) is 11.3 Å². The molecule has 180 valence electrons. The van der Waals surface area contributed by atoms with Crippen LogP contribution in [0.4, 0.5) is 0 Å². The van der Waals surface area contributed by atoms with Gasteiger partial charge in [0.25, 0.3) is 5.91 Å². The molecule has 0 spiro atoms. The highest BCUT2D eigenvalue weighted by Gasteiger charge is 2.29. The summed E-state index contributed by atoms with van der Waals surface area (Å²) in [5.74, 6) is 0.124. The molecule has 10 heteroatoms. The molecule has 1 fully saturated rings. The van der Waals surface area contributed by atoms with Crippen LogP contribution in [0, 0.1) is 5.92 Å². The van der Waals surface area contributed by atoms with Crippen molar-refractivity contribution in [1.82, 2.24) is 30.4 Å². The van der Waals surface area contributed by atoms with E-state index >= 15 is 0 Å². The number of piperidine rings is 1. The third-order valence-electron chi connectivity index (χ3n) is 6.32. The number of amides is 2. The Morgan fingerprint density at radius 3 is 2.77 bits per heavy atom. The lowest BCUT2D eigenvalue weighted by Crippen LogP contribution is -2.43. The van der Waals surface area contributed by atoms with E-state index in [1.54, 1.807) is 17.0 Å². The van der Waals surface area contributed by atoms with Gasteiger partial charge < -0.3 is 19.9 Å². The fourth-order valence-corrected chi connectivity index (χ4v) is 4.57. The van der Waals surface area contributed by atoms with Crippen molar-refractivity contribution in [2.45, 2.75) is 19.4 Å². The third-order valence-corrected chi connectivity index (χ3v) is 6.62. The first-order valence-corrected chi connectivity index (χ1v) is 11.8. The van der Waals surface area contributed by atoms with E-state index in [0.29, 0.717) is 60.3 Å². The zero-order valence-corrected chi connectivity index (χ0v) is 19.9. The van der Waals surface area contributed by atoms with Crippen molar-refractivity contribution in [3.63, 3.8) is 0 Å². The largest absolute Gasteiger partial charge is 0.481 e. The molecule has 1 aliphatic rings. The van der Waals surface area contributed by atoms with Crippen molar-refractivity contribution in [3.05, 3.63) is 65.1 Å². The molecule has 35 heavy (non-hydrogen) atoms. The lowest BCUT2D eigenvalue weighted by Gasteiger charge is -2.30. The molecule has 3 aromatic heterocycles. The number of H-pyrrole nitrogens is 2. The number of fused-ring (bicyclic) bond motifs is 1. The van der Waals surface area contributed by atoms with Gasteiger partial charge in [-0.2, -0.15) is 5.10 Å². The summed E-state index contributed by atoms with van der Waals surface area (Å²) in [5.41, 5.74) is 3.57. The molecule has 4 heterocycles. The van der Waals surface area contributed by atoms with E-state index in [1.807, 2.05) is 30.3 Å². The van der Waals surface area contributed by atoms with Gasteiger partial charge in [0.15, 0.2) is 5.69 Å². The molecule has 2 amide bonds. The Morgan fingerprint density at radius 1 is 1.20 bits per heavy atom. The number of aromatic nitrogens is 4. The molecular weight excluding hydrogens is 468 g/mol. The van der Waals surface area contributed by atoms with Crippen LogP contribution in [0.15, 0.2) is 48.7 Å². The number of nitrogens with zero attached hydrogens (tertiary/aromatic N) is 3. The zero-order valence-electron chi connectivity index (χ0n) is 19.2. The Bertz CT molecular complexity index is 1340. The lowest BCUT2D eigenvalue weighted by atomic mass is 9.95. The number of para-hydroxylation sites is 1. The molecule has 5 rings (SSSR count). The average molecular weight is 493 g/mol. The number of hydrogen-bond donors (Lipinski definition) is 3. The zero-order chi connectivity index (χ0) is 24.4. The predicted octanol–water partition coefficient (Wildman–Crippen LogP) is 3.78. The van der Waals surface area contributed by atoms with E-state index in [9.17, 15) is 9.59 Å². The van der Waals surface area contributed by atoms with Crippen LogP contribution in [0.1, 0.15) is 29.0 Å². The normalized spacial score (nSPS) is 14.3. The van der Waals surface area contributed by atoms with Crippen LogP contribution in [0.2, 0.25) is 5.02 Å². The molecule has 3 N–H and O–H groups in total. The van der Waals surface area contributed by atoms with E-state index in [4.69, 9.17) is 16.3 Å². The molecule has 0 atom stereocenters. The van der Waals surface area contributed by atoms with Crippen molar-refractivity contribution < 1.29 is 14.3 Å². The Kier molecular flexibility index (Phi) is 6.41. The van der Waals surface area contributed by atoms with Gasteiger partial charge in [-0.3, -0.25) is 14.7 Å². The van der Waals surface area contributed by atoms with Crippen molar-refractivity contribution in [1.29, 1.82) is 0 Å². The number of carbonyl (C=O) groups is 2. The van der Waals surface area contributed by atoms with Gasteiger partial charge in [0.1, 0.15) is 0 Å². The third kappa shape index (κ3) is 4.85. The van der Waals surface area contributed by atoms with Gasteiger partial charge in [0.2, 0.25) is 11.8 Å². The topological polar surface area (TPSA) is 116 Å². The standard InChI is InChI=1S/C25H25ClN6O3/c1-35-23-11-18(19(26)14-27-23)21-12-22(31-30-21)25(34)32-8-6-15(7-9-32)24(33)28-13-17-10-16-4-2-3-5-20(16)29-17/h2-5,10-12,14-15,29H,6-9,13H2,1H3,(H,28,33)(H,30,31). The molecule has 0 radical (unpaired) electrons. The number of carbonyl (C=O) groups excluding carboxylic acids is 2. The summed E-state index contributed by atoms with van der Waals surface area (Å²) < 4.78 is 5.15. The highest BCUT2D eigenvalue weighted by atomic mass is 35.5. The van der Waals surface area contributed by atoms with Crippen LogP contribution < -0.4 is 10.1 Å². The quantitative estimate of drug-likeness (QED) is 0.379. The number of hydrogen-bond acceptors (Lipinski definition) is 5. The molecule has 4 aromatic rings. The first-order chi connectivity index (χ1) is 17.0. The van der Waals surface area contributed by atoms with E-state index in [-0.39, 0.29) is 17.7 Å². The van der Waals surface area contributed by atoms with Crippen LogP contribution in [0.25, 0.3) is 22.2 Å². The molecule has 0 unspecified atom stereocenters. The highest BCUT2D eigenvalue weighted by Crippen LogP contribution is 2.29. The van der Waals surface area contributed by atoms with Gasteiger partial charge in [-0.05, 0) is 36.4 Å². The van der Waals surface area contributed by atoms with Gasteiger partial charge in [0.05, 0.1) is 30.6 Å². The number of methoxy groups -OCH3 is 1. The van der Waals surface area contributed by atoms with Crippen molar-refractivity contribution >= 4 is 34.3 Å². The Morgan fingerprint density at radius 2 is 2.00 bits per heavy atom. The Labute approximate surface area is 206 Å². The monoisotopic (exact) mass is 492 g/mol. The first-order valence-electron chi connectivity index (χ1n) is 11.4. The molecule has 1 saturated heterocycles. The smallest absolute Gasteiger partial charge is 0.274 e. The van der Waals surface area contributed by atoms with Crippen LogP contribution in [0.3, 0.4) is 0 Å². The summed E-state index contributed by atoms with van der Waals surface area (Å²) in [6.45, 7) is 1.44. The number of likely N-dealkylation sites (tertiary alicyclic amines) is 1. The molecule has 0 aliphatic carbocycles. The maximum atomic E-state index is 13.0. The summed E-state index contributed by atoms with van der Waals surface area (Å²) >= 11 is 6.26. The minimum Gasteiger partial charge on any atom is -0.481 e. The van der Waals surface area contributed by atoms with Gasteiger partial charge in [-0.25, -0.2) is 4.98 Å². The van der Waals surface area contributed by atoms with E-state index in [1.165, 1.54) is 13.3 Å². The van der Waals surface area contributed by atoms with E-state index < -0.39 is 0 Å². The molecule has 1 aromatic carbocycles. The predicted molar refractivity (Wildman–Crippen MR) is 132 cm³/mol. The summed E-state index contributed by atoms with van der Waals surface area (Å²) in [4.78, 5) is 34.8. The van der Waals surface area contributed by atoms with Gasteiger partial charge in [-0.15, -0.1) is 0 Å². The number of nitrogens with one attached hydrogen (secondary N) is 3. The molecule has 1 aliphatic heterocycles. The molecule has 9 nitrogen and oxygen atoms in total. The van der Waals surface area contributed by atoms with Gasteiger partial charge >= 0.3 is 0 Å². The summed E-state index contributed by atoms with van der Waals surface area (Å²) in [7, 11) is 1.52. The fourth-order valence-electron chi connectivity index (χ4n) is 4.37. The number of rotatable bonds is 6. The van der Waals surface area contributed by atoms with Crippen molar-refractivity contribution in [3.8, 4) is 17.1 Å².